The van der Waals surface area contributed by atoms with E-state index in [0.29, 0.717) is 13.0 Å². The van der Waals surface area contributed by atoms with Crippen LogP contribution in [-0.4, -0.2) is 24.3 Å². The van der Waals surface area contributed by atoms with Crippen LogP contribution in [0.1, 0.15) is 52.5 Å². The van der Waals surface area contributed by atoms with E-state index in [1.807, 2.05) is 51.1 Å². The normalized spacial score (nSPS) is 12.7. The Balaban J connectivity index is 2.52. The van der Waals surface area contributed by atoms with Crippen LogP contribution in [0.25, 0.3) is 0 Å². The molecule has 0 radical (unpaired) electrons. The van der Waals surface area contributed by atoms with Gasteiger partial charge in [0.05, 0.1) is 12.6 Å². The highest BCUT2D eigenvalue weighted by Gasteiger charge is 2.27. The molecule has 0 heterocycles. The number of carbonyl (C=O) groups excluding carboxylic acids is 2. The fraction of sp³-hybridized carbons (Fsp3) is 0.579. The smallest absolute Gasteiger partial charge is 0.225 e. The van der Waals surface area contributed by atoms with Crippen molar-refractivity contribution in [3.8, 4) is 0 Å². The Morgan fingerprint density at radius 1 is 1.17 bits per heavy atom. The molecular weight excluding hydrogens is 290 g/mol. The van der Waals surface area contributed by atoms with Crippen LogP contribution in [0, 0.1) is 5.41 Å². The van der Waals surface area contributed by atoms with Gasteiger partial charge < -0.3 is 10.1 Å². The van der Waals surface area contributed by atoms with Gasteiger partial charge in [-0.15, -0.1) is 0 Å². The van der Waals surface area contributed by atoms with Gasteiger partial charge in [-0.3, -0.25) is 9.59 Å². The number of rotatable bonds is 9. The van der Waals surface area contributed by atoms with Crippen LogP contribution < -0.4 is 5.32 Å². The monoisotopic (exact) mass is 319 g/mol. The summed E-state index contributed by atoms with van der Waals surface area (Å²) < 4.78 is 5.51. The largest absolute Gasteiger partial charge is 0.369 e. The Kier molecular flexibility index (Phi) is 7.96. The molecule has 1 atom stereocenters. The fourth-order valence-electron chi connectivity index (χ4n) is 2.04. The average Bonchev–Trinajstić information content (AvgIpc) is 2.51. The van der Waals surface area contributed by atoms with Crippen molar-refractivity contribution in [1.29, 1.82) is 0 Å². The van der Waals surface area contributed by atoms with Gasteiger partial charge >= 0.3 is 0 Å². The number of nitrogens with one attached hydrogen (secondary N) is 1. The van der Waals surface area contributed by atoms with Crippen molar-refractivity contribution < 1.29 is 14.3 Å². The Hall–Kier alpha value is -1.68. The number of ketones is 1. The third-order valence-electron chi connectivity index (χ3n) is 3.58. The first-order valence-electron chi connectivity index (χ1n) is 8.30. The quantitative estimate of drug-likeness (QED) is 0.758. The van der Waals surface area contributed by atoms with Gasteiger partial charge in [-0.25, -0.2) is 0 Å². The summed E-state index contributed by atoms with van der Waals surface area (Å²) in [6, 6.07) is 9.28. The maximum absolute atomic E-state index is 12.4. The molecule has 0 aliphatic carbocycles. The van der Waals surface area contributed by atoms with Gasteiger partial charge in [0.15, 0.2) is 5.78 Å². The summed E-state index contributed by atoms with van der Waals surface area (Å²) in [5.41, 5.74) is 0.527. The zero-order chi connectivity index (χ0) is 17.3. The Bertz CT molecular complexity index is 491. The van der Waals surface area contributed by atoms with E-state index < -0.39 is 11.5 Å². The second-order valence-electron chi connectivity index (χ2n) is 6.86. The Morgan fingerprint density at radius 3 is 2.39 bits per heavy atom. The van der Waals surface area contributed by atoms with Crippen LogP contribution in [-0.2, 0) is 20.9 Å². The molecule has 0 fully saturated rings. The van der Waals surface area contributed by atoms with Crippen molar-refractivity contribution in [1.82, 2.24) is 5.32 Å². The van der Waals surface area contributed by atoms with Gasteiger partial charge in [0.2, 0.25) is 5.91 Å². The molecule has 0 saturated carbocycles. The topological polar surface area (TPSA) is 55.4 Å². The third kappa shape index (κ3) is 7.42. The maximum atomic E-state index is 12.4. The van der Waals surface area contributed by atoms with E-state index in [1.165, 1.54) is 0 Å². The van der Waals surface area contributed by atoms with Crippen molar-refractivity contribution >= 4 is 11.7 Å². The highest BCUT2D eigenvalue weighted by molar-refractivity contribution is 5.91. The van der Waals surface area contributed by atoms with E-state index in [0.717, 1.165) is 18.4 Å². The Morgan fingerprint density at radius 2 is 1.83 bits per heavy atom. The number of hydrogen-bond acceptors (Lipinski definition) is 3. The maximum Gasteiger partial charge on any atom is 0.225 e. The average molecular weight is 319 g/mol. The van der Waals surface area contributed by atoms with Gasteiger partial charge in [0, 0.05) is 5.41 Å². The van der Waals surface area contributed by atoms with Crippen molar-refractivity contribution in [2.24, 2.45) is 5.41 Å². The van der Waals surface area contributed by atoms with Crippen LogP contribution in [0.4, 0.5) is 0 Å². The van der Waals surface area contributed by atoms with E-state index >= 15 is 0 Å². The lowest BCUT2D eigenvalue weighted by Gasteiger charge is -2.23. The fourth-order valence-corrected chi connectivity index (χ4v) is 2.04. The molecule has 0 aromatic heterocycles. The summed E-state index contributed by atoms with van der Waals surface area (Å²) in [6.45, 7) is 8.02. The molecule has 0 spiro atoms. The number of hydrogen-bond donors (Lipinski definition) is 1. The van der Waals surface area contributed by atoms with Crippen LogP contribution >= 0.6 is 0 Å². The molecule has 1 aromatic carbocycles. The molecule has 1 amide bonds. The lowest BCUT2D eigenvalue weighted by atomic mass is 9.94. The molecule has 0 bridgehead atoms. The first-order valence-corrected chi connectivity index (χ1v) is 8.30. The van der Waals surface area contributed by atoms with Gasteiger partial charge in [-0.1, -0.05) is 70.9 Å². The summed E-state index contributed by atoms with van der Waals surface area (Å²) in [5.74, 6) is -0.165. The molecule has 4 heteroatoms. The SMILES string of the molecule is CCCCC(NC(=O)C(C)(C)C)C(=O)COCc1ccccc1. The summed E-state index contributed by atoms with van der Waals surface area (Å²) in [5, 5.41) is 2.87. The summed E-state index contributed by atoms with van der Waals surface area (Å²) in [7, 11) is 0. The molecule has 1 rings (SSSR count). The number of ether oxygens (including phenoxy) is 1. The minimum Gasteiger partial charge on any atom is -0.369 e. The Labute approximate surface area is 139 Å². The predicted molar refractivity (Wildman–Crippen MR) is 92.0 cm³/mol. The number of benzene rings is 1. The van der Waals surface area contributed by atoms with Crippen LogP contribution in [0.3, 0.4) is 0 Å². The minimum atomic E-state index is -0.504. The highest BCUT2D eigenvalue weighted by atomic mass is 16.5. The van der Waals surface area contributed by atoms with Crippen molar-refractivity contribution in [3.05, 3.63) is 35.9 Å². The minimum absolute atomic E-state index is 0.0215. The number of Topliss-reactive ketones (excluding diaryl/α,β-unsaturated/α-hetero) is 1. The first kappa shape index (κ1) is 19.4. The standard InChI is InChI=1S/C19H29NO3/c1-5-6-12-16(20-18(22)19(2,3)4)17(21)14-23-13-15-10-8-7-9-11-15/h7-11,16H,5-6,12-14H2,1-4H3,(H,20,22). The van der Waals surface area contributed by atoms with Gasteiger partial charge in [-0.2, -0.15) is 0 Å². The van der Waals surface area contributed by atoms with Crippen molar-refractivity contribution in [3.63, 3.8) is 0 Å². The van der Waals surface area contributed by atoms with Crippen molar-refractivity contribution in [2.45, 2.75) is 59.6 Å². The van der Waals surface area contributed by atoms with E-state index in [4.69, 9.17) is 4.74 Å². The molecule has 23 heavy (non-hydrogen) atoms. The van der Waals surface area contributed by atoms with Crippen LogP contribution in [0.2, 0.25) is 0 Å². The molecule has 1 N–H and O–H groups in total. The van der Waals surface area contributed by atoms with Gasteiger partial charge in [0.25, 0.3) is 0 Å². The molecule has 128 valence electrons. The van der Waals surface area contributed by atoms with Crippen molar-refractivity contribution in [2.75, 3.05) is 6.61 Å². The molecule has 1 aromatic rings. The second-order valence-corrected chi connectivity index (χ2v) is 6.86. The van der Waals surface area contributed by atoms with Crippen LogP contribution in [0.15, 0.2) is 30.3 Å². The number of unbranched alkanes of at least 4 members (excludes halogenated alkanes) is 1. The second kappa shape index (κ2) is 9.46. The molecule has 1 unspecified atom stereocenters. The zero-order valence-corrected chi connectivity index (χ0v) is 14.7. The lowest BCUT2D eigenvalue weighted by molar-refractivity contribution is -0.134. The van der Waals surface area contributed by atoms with E-state index in [2.05, 4.69) is 12.2 Å². The molecule has 0 aliphatic rings. The first-order chi connectivity index (χ1) is 10.8. The lowest BCUT2D eigenvalue weighted by Crippen LogP contribution is -2.46. The molecule has 4 nitrogen and oxygen atoms in total. The molecule has 0 saturated heterocycles. The number of carbonyl (C=O) groups is 2. The summed E-state index contributed by atoms with van der Waals surface area (Å²) in [6.07, 6.45) is 2.55. The number of amides is 1. The van der Waals surface area contributed by atoms with Gasteiger partial charge in [-0.05, 0) is 12.0 Å². The van der Waals surface area contributed by atoms with E-state index in [9.17, 15) is 9.59 Å². The van der Waals surface area contributed by atoms with Gasteiger partial charge in [0.1, 0.15) is 6.61 Å². The van der Waals surface area contributed by atoms with E-state index in [1.54, 1.807) is 0 Å². The predicted octanol–water partition coefficient (Wildman–Crippen LogP) is 3.49. The zero-order valence-electron chi connectivity index (χ0n) is 14.7. The molecular formula is C19H29NO3. The summed E-state index contributed by atoms with van der Waals surface area (Å²) in [4.78, 5) is 24.5. The third-order valence-corrected chi connectivity index (χ3v) is 3.58. The highest BCUT2D eigenvalue weighted by Crippen LogP contribution is 2.14. The van der Waals surface area contributed by atoms with E-state index in [-0.39, 0.29) is 18.3 Å². The van der Waals surface area contributed by atoms with Crippen LogP contribution in [0.5, 0.6) is 0 Å². The summed E-state index contributed by atoms with van der Waals surface area (Å²) >= 11 is 0. The molecule has 0 aliphatic heterocycles.